The van der Waals surface area contributed by atoms with Gasteiger partial charge < -0.3 is 29.8 Å². The summed E-state index contributed by atoms with van der Waals surface area (Å²) >= 11 is 22.6. The first-order valence-corrected chi connectivity index (χ1v) is 40.6. The Hall–Kier alpha value is -10.0. The van der Waals surface area contributed by atoms with E-state index in [4.69, 9.17) is 38.2 Å². The maximum Gasteiger partial charge on any atom is 0.262 e. The third-order valence-electron chi connectivity index (χ3n) is 20.2. The summed E-state index contributed by atoms with van der Waals surface area (Å²) in [5.41, 5.74) is 10.3. The Morgan fingerprint density at radius 2 is 0.842 bits per heavy atom. The van der Waals surface area contributed by atoms with Gasteiger partial charge in [-0.3, -0.25) is 62.0 Å². The van der Waals surface area contributed by atoms with Gasteiger partial charge in [-0.25, -0.2) is 24.9 Å². The van der Waals surface area contributed by atoms with Gasteiger partial charge in [0, 0.05) is 102 Å². The van der Waals surface area contributed by atoms with Crippen molar-refractivity contribution in [1.82, 2.24) is 73.3 Å². The lowest BCUT2D eigenvalue weighted by Gasteiger charge is -2.35. The molecule has 0 aliphatic carbocycles. The molecule has 0 radical (unpaired) electrons. The van der Waals surface area contributed by atoms with Crippen molar-refractivity contribution in [3.05, 3.63) is 273 Å². The molecular weight excluding hydrogens is 1690 g/mol. The average Bonchev–Trinajstić information content (AvgIpc) is 0.803. The van der Waals surface area contributed by atoms with Crippen LogP contribution in [0.4, 0.5) is 0 Å². The second-order valence-corrected chi connectivity index (χ2v) is 33.8. The molecule has 3 amide bonds. The van der Waals surface area contributed by atoms with E-state index in [-0.39, 0.29) is 132 Å². The molecule has 4 atom stereocenters. The van der Waals surface area contributed by atoms with Gasteiger partial charge in [0.25, 0.3) is 34.4 Å². The SMILES string of the molecule is Cc1ccc(-n2c(C(=O)CC(C)C)nc3c(c2=O)CC(C)N(C(=O)c2ccc(Br)c(C)c2)C3)cc1.Cc1cnc(-c2ccc(-n3c(C(=O)CC(C)C)nc4c(c3=O)CC(C)N(C(=O)c3ccc(Br)c(Cl)c3)C4)cn2)[nH]1.Cc1cnc(-c2ccc(-n3c(C(O)C(C)C)nc4c(c3=O)CC(C)N(C(=O)c3ccc(Br)c(Cl)c3)C4)cn2)[nH]1. The number of carbonyl (C=O) groups is 5. The van der Waals surface area contributed by atoms with E-state index >= 15 is 0 Å². The molecule has 4 unspecified atom stereocenters. The zero-order valence-electron chi connectivity index (χ0n) is 65.2. The van der Waals surface area contributed by atoms with Crippen molar-refractivity contribution in [1.29, 1.82) is 0 Å². The largest absolute Gasteiger partial charge is 0.385 e. The fourth-order valence-corrected chi connectivity index (χ4v) is 15.1. The number of hydrogen-bond acceptors (Lipinski definition) is 16. The standard InChI is InChI=1S/C29H28BrClN6O3.C28H28BrClN6O3.C28H30BrN3O3/c1-15(2)9-25(38)27-35-24-14-36(28(39)18-5-7-21(30)22(31)11-18)17(4)10-20(24)29(40)37(27)19-6-8-23(32-13-19)26-33-12-16(3)34-26;1-14(2)24(37)26-34-23-13-35(27(38)17-5-7-20(29)21(30)10-17)16(4)9-19(23)28(39)36(26)18-6-8-22(31-12-18)25-32-11-15(3)33-25;1-16(2)12-25(33)26-30-24-15-31(27(34)20-8-11-23(29)18(4)13-20)19(5)14-22(24)28(35)32(26)21-9-6-17(3)7-10-21/h5-8,11-13,15,17H,9-10,14H2,1-4H3,(H,33,34);5-8,10-12,14,16,24,37H,9,13H2,1-4H3,(H,32,33);6-11,13,16,19H,12,14-15H2,1-5H3. The highest BCUT2D eigenvalue weighted by atomic mass is 79.9. The van der Waals surface area contributed by atoms with Crippen LogP contribution >= 0.6 is 71.0 Å². The number of nitrogens with zero attached hydrogens (tertiary/aromatic N) is 13. The Labute approximate surface area is 694 Å². The van der Waals surface area contributed by atoms with Crippen LogP contribution in [0.2, 0.25) is 10.0 Å². The number of amides is 3. The number of benzene rings is 4. The highest BCUT2D eigenvalue weighted by molar-refractivity contribution is 9.11. The fraction of sp³-hybridized carbons (Fsp3) is 0.329. The molecule has 0 bridgehead atoms. The van der Waals surface area contributed by atoms with Crippen molar-refractivity contribution in [3.63, 3.8) is 0 Å². The fourth-order valence-electron chi connectivity index (χ4n) is 14.0. The van der Waals surface area contributed by atoms with Crippen LogP contribution in [0.1, 0.15) is 196 Å². The second-order valence-electron chi connectivity index (χ2n) is 30.4. The van der Waals surface area contributed by atoms with Crippen molar-refractivity contribution in [2.75, 3.05) is 0 Å². The molecule has 590 valence electrons. The summed E-state index contributed by atoms with van der Waals surface area (Å²) in [6.45, 7) is 25.4. The predicted octanol–water partition coefficient (Wildman–Crippen LogP) is 16.0. The Bertz CT molecular complexity index is 5760. The van der Waals surface area contributed by atoms with E-state index in [1.807, 2.05) is 126 Å². The van der Waals surface area contributed by atoms with Gasteiger partial charge in [0.1, 0.15) is 23.3 Å². The van der Waals surface area contributed by atoms with Crippen molar-refractivity contribution in [3.8, 4) is 40.1 Å². The quantitative estimate of drug-likeness (QED) is 0.0757. The molecule has 7 aromatic heterocycles. The van der Waals surface area contributed by atoms with Gasteiger partial charge in [-0.15, -0.1) is 0 Å². The molecule has 14 rings (SSSR count). The normalized spacial score (nSPS) is 15.4. The maximum atomic E-state index is 14.0. The first-order valence-electron chi connectivity index (χ1n) is 37.5. The van der Waals surface area contributed by atoms with Crippen LogP contribution in [0.3, 0.4) is 0 Å². The van der Waals surface area contributed by atoms with Gasteiger partial charge in [-0.2, -0.15) is 0 Å². The number of aliphatic hydroxyl groups excluding tert-OH is 1. The molecule has 10 heterocycles. The Morgan fingerprint density at radius 3 is 1.20 bits per heavy atom. The molecule has 29 heteroatoms. The molecule has 0 saturated heterocycles. The number of aryl methyl sites for hydroxylation is 4. The first kappa shape index (κ1) is 83.4. The molecule has 3 N–H and O–H groups in total. The average molecular weight is 1770 g/mol. The lowest BCUT2D eigenvalue weighted by Crippen LogP contribution is -2.46. The molecule has 0 fully saturated rings. The van der Waals surface area contributed by atoms with Crippen LogP contribution in [-0.4, -0.2) is 126 Å². The Kier molecular flexibility index (Phi) is 25.6. The van der Waals surface area contributed by atoms with Gasteiger partial charge in [0.05, 0.1) is 76.2 Å². The van der Waals surface area contributed by atoms with Gasteiger partial charge in [-0.1, -0.05) is 98.4 Å². The number of aromatic nitrogens is 12. The smallest absolute Gasteiger partial charge is 0.262 e. The van der Waals surface area contributed by atoms with E-state index in [0.29, 0.717) is 129 Å². The van der Waals surface area contributed by atoms with E-state index in [1.165, 1.54) is 13.7 Å². The maximum absolute atomic E-state index is 14.0. The molecular formula is C85H86Br3Cl2N15O9. The molecule has 4 aromatic carbocycles. The minimum Gasteiger partial charge on any atom is -0.385 e. The molecule has 24 nitrogen and oxygen atoms in total. The van der Waals surface area contributed by atoms with Gasteiger partial charge in [0.2, 0.25) is 0 Å². The minimum atomic E-state index is -1.01. The Balaban J connectivity index is 0.000000159. The molecule has 114 heavy (non-hydrogen) atoms. The zero-order valence-corrected chi connectivity index (χ0v) is 71.5. The van der Waals surface area contributed by atoms with Crippen LogP contribution in [0, 0.1) is 45.4 Å². The monoisotopic (exact) mass is 1770 g/mol. The number of fused-ring (bicyclic) bond motifs is 3. The molecule has 3 aliphatic heterocycles. The minimum absolute atomic E-state index is 0.0366. The number of hydrogen-bond donors (Lipinski definition) is 3. The summed E-state index contributed by atoms with van der Waals surface area (Å²) in [5, 5.41) is 12.0. The summed E-state index contributed by atoms with van der Waals surface area (Å²) < 4.78 is 6.58. The topological polar surface area (TPSA) is 303 Å². The molecule has 0 spiro atoms. The number of rotatable bonds is 16. The first-order chi connectivity index (χ1) is 54.1. The van der Waals surface area contributed by atoms with Gasteiger partial charge >= 0.3 is 0 Å². The van der Waals surface area contributed by atoms with Crippen LogP contribution in [-0.2, 0) is 38.9 Å². The number of carbonyl (C=O) groups excluding carboxylic acids is 5. The zero-order chi connectivity index (χ0) is 82.2. The van der Waals surface area contributed by atoms with Crippen LogP contribution in [0.15, 0.2) is 156 Å². The number of Topliss-reactive ketones (excluding diaryl/α,β-unsaturated/α-hetero) is 2. The van der Waals surface area contributed by atoms with Gasteiger partial charge in [0.15, 0.2) is 34.9 Å². The van der Waals surface area contributed by atoms with Crippen molar-refractivity contribution < 1.29 is 29.1 Å². The Morgan fingerprint density at radius 1 is 0.474 bits per heavy atom. The van der Waals surface area contributed by atoms with E-state index in [1.54, 1.807) is 106 Å². The highest BCUT2D eigenvalue weighted by Crippen LogP contribution is 2.33. The van der Waals surface area contributed by atoms with Crippen LogP contribution in [0.5, 0.6) is 0 Å². The van der Waals surface area contributed by atoms with E-state index in [0.717, 1.165) is 27.0 Å². The summed E-state index contributed by atoms with van der Waals surface area (Å²) in [5.74, 6) is 0.643. The van der Waals surface area contributed by atoms with Gasteiger partial charge in [-0.05, 0) is 214 Å². The third-order valence-corrected chi connectivity index (χ3v) is 23.5. The summed E-state index contributed by atoms with van der Waals surface area (Å²) in [6.07, 6.45) is 7.07. The summed E-state index contributed by atoms with van der Waals surface area (Å²) in [6, 6.07) is 29.5. The van der Waals surface area contributed by atoms with Crippen molar-refractivity contribution in [2.45, 2.75) is 166 Å². The number of aliphatic hydroxyl groups is 1. The number of ketones is 2. The van der Waals surface area contributed by atoms with E-state index in [2.05, 4.69) is 77.7 Å². The number of imidazole rings is 2. The van der Waals surface area contributed by atoms with E-state index < -0.39 is 6.10 Å². The second kappa shape index (κ2) is 35.0. The van der Waals surface area contributed by atoms with E-state index in [9.17, 15) is 43.5 Å². The lowest BCUT2D eigenvalue weighted by atomic mass is 9.97. The summed E-state index contributed by atoms with van der Waals surface area (Å²) in [4.78, 5) is 152. The molecule has 3 aliphatic rings. The highest BCUT2D eigenvalue weighted by Gasteiger charge is 2.38. The third kappa shape index (κ3) is 17.9. The summed E-state index contributed by atoms with van der Waals surface area (Å²) in [7, 11) is 0. The number of aromatic amines is 2. The number of pyridine rings is 2. The molecule has 11 aromatic rings. The number of nitrogens with one attached hydrogen (secondary N) is 2. The van der Waals surface area contributed by atoms with Crippen molar-refractivity contribution >= 4 is 100 Å². The molecule has 0 saturated carbocycles. The lowest BCUT2D eigenvalue weighted by molar-refractivity contribution is 0.0642. The number of halogens is 5. The van der Waals surface area contributed by atoms with Crippen LogP contribution in [0.25, 0.3) is 40.1 Å². The van der Waals surface area contributed by atoms with Crippen LogP contribution < -0.4 is 16.7 Å². The van der Waals surface area contributed by atoms with Crippen molar-refractivity contribution in [2.24, 2.45) is 17.8 Å². The number of H-pyrrole nitrogens is 2. The predicted molar refractivity (Wildman–Crippen MR) is 448 cm³/mol.